The molecular formula is C22H24ClN3O. The first-order chi connectivity index (χ1) is 13.0. The molecule has 1 aromatic heterocycles. The van der Waals surface area contributed by atoms with Gasteiger partial charge >= 0.3 is 6.03 Å². The van der Waals surface area contributed by atoms with Crippen molar-refractivity contribution in [1.82, 2.24) is 9.88 Å². The van der Waals surface area contributed by atoms with E-state index in [9.17, 15) is 4.79 Å². The van der Waals surface area contributed by atoms with Crippen LogP contribution in [0.1, 0.15) is 29.4 Å². The molecule has 3 aromatic rings. The highest BCUT2D eigenvalue weighted by atomic mass is 35.5. The van der Waals surface area contributed by atoms with Gasteiger partial charge in [0.15, 0.2) is 0 Å². The van der Waals surface area contributed by atoms with Crippen molar-refractivity contribution in [3.63, 3.8) is 0 Å². The molecule has 0 saturated carbocycles. The molecule has 0 unspecified atom stereocenters. The number of hydrogen-bond donors (Lipinski definition) is 2. The summed E-state index contributed by atoms with van der Waals surface area (Å²) in [4.78, 5) is 12.2. The highest BCUT2D eigenvalue weighted by Gasteiger charge is 2.12. The van der Waals surface area contributed by atoms with Gasteiger partial charge in [0.1, 0.15) is 0 Å². The third-order valence-electron chi connectivity index (χ3n) is 4.66. The maximum absolute atomic E-state index is 12.2. The van der Waals surface area contributed by atoms with Crippen LogP contribution in [0.2, 0.25) is 5.02 Å². The third kappa shape index (κ3) is 4.52. The lowest BCUT2D eigenvalue weighted by Crippen LogP contribution is -2.28. The van der Waals surface area contributed by atoms with Crippen molar-refractivity contribution in [2.24, 2.45) is 0 Å². The summed E-state index contributed by atoms with van der Waals surface area (Å²) in [6.07, 6.45) is 0.981. The molecule has 0 spiro atoms. The summed E-state index contributed by atoms with van der Waals surface area (Å²) in [6, 6.07) is 17.5. The molecule has 0 bridgehead atoms. The van der Waals surface area contributed by atoms with Crippen LogP contribution in [0, 0.1) is 13.8 Å². The Morgan fingerprint density at radius 1 is 1.07 bits per heavy atom. The minimum Gasteiger partial charge on any atom is -0.334 e. The Hall–Kier alpha value is -2.72. The smallest absolute Gasteiger partial charge is 0.319 e. The van der Waals surface area contributed by atoms with Crippen molar-refractivity contribution in [2.75, 3.05) is 5.32 Å². The second-order valence-corrected chi connectivity index (χ2v) is 7.01. The summed E-state index contributed by atoms with van der Waals surface area (Å²) in [7, 11) is 0. The molecule has 0 radical (unpaired) electrons. The number of rotatable bonds is 5. The highest BCUT2D eigenvalue weighted by molar-refractivity contribution is 6.30. The molecule has 5 heteroatoms. The molecule has 3 rings (SSSR count). The Bertz CT molecular complexity index is 945. The van der Waals surface area contributed by atoms with Crippen molar-refractivity contribution >= 4 is 23.3 Å². The molecular weight excluding hydrogens is 358 g/mol. The highest BCUT2D eigenvalue weighted by Crippen LogP contribution is 2.23. The van der Waals surface area contributed by atoms with Crippen LogP contribution in [0.5, 0.6) is 0 Å². The molecule has 0 atom stereocenters. The molecule has 27 heavy (non-hydrogen) atoms. The predicted octanol–water partition coefficient (Wildman–Crippen LogP) is 5.63. The lowest BCUT2D eigenvalue weighted by atomic mass is 10.1. The second-order valence-electron chi connectivity index (χ2n) is 6.57. The molecule has 2 aromatic carbocycles. The van der Waals surface area contributed by atoms with Crippen molar-refractivity contribution in [2.45, 2.75) is 33.7 Å². The Morgan fingerprint density at radius 3 is 2.48 bits per heavy atom. The Labute approximate surface area is 165 Å². The van der Waals surface area contributed by atoms with Crippen LogP contribution < -0.4 is 10.6 Å². The summed E-state index contributed by atoms with van der Waals surface area (Å²) in [6.45, 7) is 6.66. The van der Waals surface area contributed by atoms with Gasteiger partial charge in [0.25, 0.3) is 0 Å². The van der Waals surface area contributed by atoms with Gasteiger partial charge in [-0.15, -0.1) is 0 Å². The maximum atomic E-state index is 12.2. The summed E-state index contributed by atoms with van der Waals surface area (Å²) in [5.74, 6) is 0. The zero-order valence-corrected chi connectivity index (χ0v) is 16.6. The average Bonchev–Trinajstić information content (AvgIpc) is 2.94. The number of amides is 2. The summed E-state index contributed by atoms with van der Waals surface area (Å²) in [5, 5.41) is 6.50. The molecule has 2 amide bonds. The van der Waals surface area contributed by atoms with Crippen LogP contribution in [0.25, 0.3) is 5.69 Å². The van der Waals surface area contributed by atoms with Gasteiger partial charge in [0.05, 0.1) is 0 Å². The number of hydrogen-bond acceptors (Lipinski definition) is 1. The first kappa shape index (κ1) is 19.1. The Balaban J connectivity index is 1.67. The minimum absolute atomic E-state index is 0.216. The molecule has 140 valence electrons. The lowest BCUT2D eigenvalue weighted by Gasteiger charge is -2.11. The topological polar surface area (TPSA) is 46.1 Å². The fourth-order valence-electron chi connectivity index (χ4n) is 3.20. The van der Waals surface area contributed by atoms with Gasteiger partial charge in [-0.1, -0.05) is 36.7 Å². The zero-order valence-electron chi connectivity index (χ0n) is 15.8. The van der Waals surface area contributed by atoms with E-state index >= 15 is 0 Å². The van der Waals surface area contributed by atoms with Crippen molar-refractivity contribution in [3.8, 4) is 5.69 Å². The van der Waals surface area contributed by atoms with E-state index in [4.69, 9.17) is 11.6 Å². The molecule has 2 N–H and O–H groups in total. The number of aryl methyl sites for hydroxylation is 2. The van der Waals surface area contributed by atoms with E-state index in [0.717, 1.165) is 34.7 Å². The van der Waals surface area contributed by atoms with Crippen LogP contribution in [0.3, 0.4) is 0 Å². The largest absolute Gasteiger partial charge is 0.334 e. The first-order valence-electron chi connectivity index (χ1n) is 9.05. The van der Waals surface area contributed by atoms with E-state index in [0.29, 0.717) is 11.6 Å². The van der Waals surface area contributed by atoms with E-state index in [1.54, 1.807) is 0 Å². The molecule has 0 aliphatic carbocycles. The molecule has 0 fully saturated rings. The van der Waals surface area contributed by atoms with E-state index < -0.39 is 0 Å². The van der Waals surface area contributed by atoms with Crippen molar-refractivity contribution in [3.05, 3.63) is 82.1 Å². The number of nitrogens with zero attached hydrogens (tertiary/aromatic N) is 1. The predicted molar refractivity (Wildman–Crippen MR) is 112 cm³/mol. The fraction of sp³-hybridized carbons (Fsp3) is 0.227. The van der Waals surface area contributed by atoms with Crippen LogP contribution in [-0.4, -0.2) is 10.6 Å². The van der Waals surface area contributed by atoms with Crippen molar-refractivity contribution in [1.29, 1.82) is 0 Å². The minimum atomic E-state index is -0.216. The number of halogens is 1. The average molecular weight is 382 g/mol. The third-order valence-corrected chi connectivity index (χ3v) is 4.90. The Morgan fingerprint density at radius 2 is 1.81 bits per heavy atom. The quantitative estimate of drug-likeness (QED) is 0.591. The monoisotopic (exact) mass is 381 g/mol. The maximum Gasteiger partial charge on any atom is 0.319 e. The van der Waals surface area contributed by atoms with Crippen LogP contribution in [0.15, 0.2) is 54.6 Å². The molecule has 0 aliphatic rings. The van der Waals surface area contributed by atoms with Crippen LogP contribution >= 0.6 is 11.6 Å². The number of nitrogens with one attached hydrogen (secondary N) is 2. The van der Waals surface area contributed by atoms with Crippen LogP contribution in [-0.2, 0) is 13.0 Å². The summed E-state index contributed by atoms with van der Waals surface area (Å²) >= 11 is 6.13. The van der Waals surface area contributed by atoms with Gasteiger partial charge in [0.2, 0.25) is 0 Å². The molecule has 4 nitrogen and oxygen atoms in total. The normalized spacial score (nSPS) is 10.7. The standard InChI is InChI=1S/C22H24ClN3O/c1-4-17-8-10-20(11-9-17)25-22(27)24-14-18-12-15(2)26(16(18)3)21-7-5-6-19(23)13-21/h5-13H,4,14H2,1-3H3,(H2,24,25,27). The van der Waals surface area contributed by atoms with Gasteiger partial charge in [-0.05, 0) is 67.8 Å². The summed E-state index contributed by atoms with van der Waals surface area (Å²) in [5.41, 5.74) is 6.31. The van der Waals surface area contributed by atoms with E-state index in [2.05, 4.69) is 28.2 Å². The zero-order chi connectivity index (χ0) is 19.4. The van der Waals surface area contributed by atoms with Crippen molar-refractivity contribution < 1.29 is 4.79 Å². The van der Waals surface area contributed by atoms with Crippen LogP contribution in [0.4, 0.5) is 10.5 Å². The van der Waals surface area contributed by atoms with E-state index in [-0.39, 0.29) is 6.03 Å². The number of urea groups is 1. The molecule has 0 saturated heterocycles. The SMILES string of the molecule is CCc1ccc(NC(=O)NCc2cc(C)n(-c3cccc(Cl)c3)c2C)cc1. The lowest BCUT2D eigenvalue weighted by molar-refractivity contribution is 0.251. The van der Waals surface area contributed by atoms with Gasteiger partial charge in [-0.2, -0.15) is 0 Å². The van der Waals surface area contributed by atoms with E-state index in [1.165, 1.54) is 5.56 Å². The number of benzene rings is 2. The fourth-order valence-corrected chi connectivity index (χ4v) is 3.38. The number of carbonyl (C=O) groups is 1. The van der Waals surface area contributed by atoms with Gasteiger partial charge < -0.3 is 15.2 Å². The molecule has 0 aliphatic heterocycles. The van der Waals surface area contributed by atoms with Gasteiger partial charge in [-0.3, -0.25) is 0 Å². The van der Waals surface area contributed by atoms with Gasteiger partial charge in [0, 0.05) is 34.3 Å². The van der Waals surface area contributed by atoms with E-state index in [1.807, 2.05) is 62.4 Å². The first-order valence-corrected chi connectivity index (χ1v) is 9.43. The Kier molecular flexibility index (Phi) is 5.87. The van der Waals surface area contributed by atoms with Gasteiger partial charge in [-0.25, -0.2) is 4.79 Å². The molecule has 1 heterocycles. The number of aromatic nitrogens is 1. The number of anilines is 1. The number of carbonyl (C=O) groups excluding carboxylic acids is 1. The second kappa shape index (κ2) is 8.31. The summed E-state index contributed by atoms with van der Waals surface area (Å²) < 4.78 is 2.14.